The third kappa shape index (κ3) is 5.00. The van der Waals surface area contributed by atoms with Crippen LogP contribution in [0.1, 0.15) is 38.5 Å². The molecule has 0 spiro atoms. The molecule has 2 N–H and O–H groups in total. The molecule has 1 heterocycles. The van der Waals surface area contributed by atoms with Crippen LogP contribution in [0.5, 0.6) is 17.2 Å². The number of hydrogen-bond donors (Lipinski definition) is 1. The molecule has 0 aromatic heterocycles. The molecule has 3 aromatic rings. The van der Waals surface area contributed by atoms with E-state index in [1.165, 1.54) is 7.11 Å². The topological polar surface area (TPSA) is 121 Å². The molecule has 182 valence electrons. The molecule has 0 fully saturated rings. The van der Waals surface area contributed by atoms with E-state index >= 15 is 0 Å². The van der Waals surface area contributed by atoms with Crippen molar-refractivity contribution >= 4 is 11.9 Å². The normalized spacial score (nSPS) is 14.2. The van der Waals surface area contributed by atoms with E-state index in [9.17, 15) is 14.9 Å². The van der Waals surface area contributed by atoms with E-state index in [1.54, 1.807) is 48.5 Å². The Labute approximate surface area is 208 Å². The number of rotatable bonds is 6. The van der Waals surface area contributed by atoms with Gasteiger partial charge in [0.1, 0.15) is 28.9 Å². The Balaban J connectivity index is 1.54. The summed E-state index contributed by atoms with van der Waals surface area (Å²) < 4.78 is 21.4. The van der Waals surface area contributed by atoms with Gasteiger partial charge in [0.2, 0.25) is 5.88 Å². The molecule has 8 nitrogen and oxygen atoms in total. The zero-order valence-corrected chi connectivity index (χ0v) is 20.0. The molecule has 1 unspecified atom stereocenters. The summed E-state index contributed by atoms with van der Waals surface area (Å²) in [6.45, 7) is 3.69. The zero-order valence-electron chi connectivity index (χ0n) is 20.0. The van der Waals surface area contributed by atoms with Crippen molar-refractivity contribution in [3.8, 4) is 23.3 Å². The molecule has 0 radical (unpaired) electrons. The number of nitriles is 1. The molecule has 0 amide bonds. The Morgan fingerprint density at radius 1 is 1.00 bits per heavy atom. The molecular weight excluding hydrogens is 460 g/mol. The molecule has 1 atom stereocenters. The van der Waals surface area contributed by atoms with Gasteiger partial charge in [0.25, 0.3) is 0 Å². The van der Waals surface area contributed by atoms with Crippen LogP contribution in [0.3, 0.4) is 0 Å². The van der Waals surface area contributed by atoms with Crippen LogP contribution >= 0.6 is 0 Å². The summed E-state index contributed by atoms with van der Waals surface area (Å²) in [6, 6.07) is 19.3. The molecule has 4 rings (SSSR count). The van der Waals surface area contributed by atoms with E-state index in [2.05, 4.69) is 6.07 Å². The summed E-state index contributed by atoms with van der Waals surface area (Å²) in [5.41, 5.74) is 10.3. The van der Waals surface area contributed by atoms with Crippen molar-refractivity contribution in [3.05, 3.63) is 99.9 Å². The summed E-state index contributed by atoms with van der Waals surface area (Å²) in [7, 11) is 1.31. The SMILES string of the molecule is COC(=O)c1ccc(C2C(C#N)=C(N)Oc3cc(OC(=O)COc4ccc(C)c(C)c4)ccc32)cc1. The predicted molar refractivity (Wildman–Crippen MR) is 131 cm³/mol. The average molecular weight is 485 g/mol. The number of nitrogens with two attached hydrogens (primary N) is 1. The number of benzene rings is 3. The third-order valence-electron chi connectivity index (χ3n) is 5.92. The Bertz CT molecular complexity index is 1400. The number of carbonyl (C=O) groups excluding carboxylic acids is 2. The van der Waals surface area contributed by atoms with Crippen LogP contribution in [0.25, 0.3) is 0 Å². The van der Waals surface area contributed by atoms with Gasteiger partial charge in [-0.25, -0.2) is 9.59 Å². The van der Waals surface area contributed by atoms with Crippen LogP contribution in [0.4, 0.5) is 0 Å². The van der Waals surface area contributed by atoms with Crippen molar-refractivity contribution in [1.29, 1.82) is 5.26 Å². The average Bonchev–Trinajstić information content (AvgIpc) is 2.88. The number of allylic oxidation sites excluding steroid dienone is 1. The summed E-state index contributed by atoms with van der Waals surface area (Å²) in [5.74, 6) is -0.439. The fraction of sp³-hybridized carbons (Fsp3) is 0.179. The maximum absolute atomic E-state index is 12.4. The summed E-state index contributed by atoms with van der Waals surface area (Å²) >= 11 is 0. The third-order valence-corrected chi connectivity index (χ3v) is 5.92. The van der Waals surface area contributed by atoms with Crippen LogP contribution in [-0.2, 0) is 9.53 Å². The van der Waals surface area contributed by atoms with Crippen molar-refractivity contribution in [2.24, 2.45) is 5.73 Å². The van der Waals surface area contributed by atoms with Gasteiger partial charge in [-0.3, -0.25) is 0 Å². The minimum Gasteiger partial charge on any atom is -0.482 e. The van der Waals surface area contributed by atoms with E-state index in [0.717, 1.165) is 16.7 Å². The van der Waals surface area contributed by atoms with Crippen molar-refractivity contribution in [1.82, 2.24) is 0 Å². The number of fused-ring (bicyclic) bond motifs is 1. The van der Waals surface area contributed by atoms with Crippen molar-refractivity contribution in [2.45, 2.75) is 19.8 Å². The molecule has 1 aliphatic heterocycles. The molecule has 0 saturated carbocycles. The second kappa shape index (κ2) is 10.2. The summed E-state index contributed by atoms with van der Waals surface area (Å²) in [4.78, 5) is 24.1. The van der Waals surface area contributed by atoms with E-state index in [4.69, 9.17) is 24.7 Å². The Morgan fingerprint density at radius 3 is 2.39 bits per heavy atom. The fourth-order valence-electron chi connectivity index (χ4n) is 3.88. The van der Waals surface area contributed by atoms with Gasteiger partial charge in [-0.1, -0.05) is 24.3 Å². The molecule has 36 heavy (non-hydrogen) atoms. The number of ether oxygens (including phenoxy) is 4. The van der Waals surface area contributed by atoms with Gasteiger partial charge in [-0.2, -0.15) is 5.26 Å². The number of methoxy groups -OCH3 is 1. The fourth-order valence-corrected chi connectivity index (χ4v) is 3.88. The predicted octanol–water partition coefficient (Wildman–Crippen LogP) is 4.29. The van der Waals surface area contributed by atoms with E-state index in [1.807, 2.05) is 26.0 Å². The van der Waals surface area contributed by atoms with Crippen molar-refractivity contribution < 1.29 is 28.5 Å². The molecule has 0 saturated heterocycles. The molecule has 0 bridgehead atoms. The highest BCUT2D eigenvalue weighted by atomic mass is 16.6. The van der Waals surface area contributed by atoms with Gasteiger partial charge in [0.05, 0.1) is 18.6 Å². The second-order valence-electron chi connectivity index (χ2n) is 8.25. The molecule has 1 aliphatic rings. The lowest BCUT2D eigenvalue weighted by Crippen LogP contribution is -2.22. The van der Waals surface area contributed by atoms with Crippen LogP contribution < -0.4 is 19.9 Å². The largest absolute Gasteiger partial charge is 0.482 e. The summed E-state index contributed by atoms with van der Waals surface area (Å²) in [6.07, 6.45) is 0. The minimum absolute atomic E-state index is 0.0476. The highest BCUT2D eigenvalue weighted by Gasteiger charge is 2.31. The molecule has 3 aromatic carbocycles. The Kier molecular flexibility index (Phi) is 6.93. The molecule has 8 heteroatoms. The van der Waals surface area contributed by atoms with Crippen molar-refractivity contribution in [2.75, 3.05) is 13.7 Å². The van der Waals surface area contributed by atoms with Gasteiger partial charge in [-0.15, -0.1) is 0 Å². The van der Waals surface area contributed by atoms with Gasteiger partial charge >= 0.3 is 11.9 Å². The lowest BCUT2D eigenvalue weighted by Gasteiger charge is -2.26. The maximum atomic E-state index is 12.4. The standard InChI is InChI=1S/C28H24N2O6/c1-16-4-9-20(12-17(16)2)34-15-25(31)35-21-10-11-22-24(13-21)36-27(30)23(14-29)26(22)18-5-7-19(8-6-18)28(32)33-3/h4-13,26H,15,30H2,1-3H3. The number of hydrogen-bond acceptors (Lipinski definition) is 8. The first-order valence-corrected chi connectivity index (χ1v) is 11.1. The van der Waals surface area contributed by atoms with Crippen LogP contribution in [0, 0.1) is 25.2 Å². The first-order valence-electron chi connectivity index (χ1n) is 11.1. The number of esters is 2. The zero-order chi connectivity index (χ0) is 25.8. The van der Waals surface area contributed by atoms with Crippen LogP contribution in [0.2, 0.25) is 0 Å². The first kappa shape index (κ1) is 24.4. The maximum Gasteiger partial charge on any atom is 0.349 e. The van der Waals surface area contributed by atoms with Gasteiger partial charge in [-0.05, 0) is 60.9 Å². The number of nitrogens with zero attached hydrogens (tertiary/aromatic N) is 1. The molecule has 0 aliphatic carbocycles. The first-order chi connectivity index (χ1) is 17.3. The van der Waals surface area contributed by atoms with E-state index < -0.39 is 17.9 Å². The summed E-state index contributed by atoms with van der Waals surface area (Å²) in [5, 5.41) is 9.73. The quantitative estimate of drug-likeness (QED) is 0.406. The van der Waals surface area contributed by atoms with Crippen LogP contribution in [0.15, 0.2) is 72.1 Å². The van der Waals surface area contributed by atoms with Crippen LogP contribution in [-0.4, -0.2) is 25.7 Å². The second-order valence-corrected chi connectivity index (χ2v) is 8.25. The Morgan fingerprint density at radius 2 is 1.72 bits per heavy atom. The van der Waals surface area contributed by atoms with Gasteiger partial charge < -0.3 is 24.7 Å². The highest BCUT2D eigenvalue weighted by molar-refractivity contribution is 5.89. The number of carbonyl (C=O) groups is 2. The highest BCUT2D eigenvalue weighted by Crippen LogP contribution is 2.43. The Hall–Kier alpha value is -4.77. The van der Waals surface area contributed by atoms with Gasteiger partial charge in [0, 0.05) is 11.6 Å². The van der Waals surface area contributed by atoms with E-state index in [0.29, 0.717) is 22.6 Å². The monoisotopic (exact) mass is 484 g/mol. The lowest BCUT2D eigenvalue weighted by atomic mass is 9.83. The van der Waals surface area contributed by atoms with Gasteiger partial charge in [0.15, 0.2) is 6.61 Å². The lowest BCUT2D eigenvalue weighted by molar-refractivity contribution is -0.136. The smallest absolute Gasteiger partial charge is 0.349 e. The van der Waals surface area contributed by atoms with Crippen molar-refractivity contribution in [3.63, 3.8) is 0 Å². The molecular formula is C28H24N2O6. The number of aryl methyl sites for hydroxylation is 2. The van der Waals surface area contributed by atoms with E-state index in [-0.39, 0.29) is 23.8 Å². The minimum atomic E-state index is -0.583.